The smallest absolute Gasteiger partial charge is 0.416 e. The van der Waals surface area contributed by atoms with E-state index in [1.807, 2.05) is 12.1 Å². The fourth-order valence-electron chi connectivity index (χ4n) is 4.04. The van der Waals surface area contributed by atoms with Crippen LogP contribution in [-0.4, -0.2) is 30.0 Å². The third-order valence-electron chi connectivity index (χ3n) is 5.72. The number of fused-ring (bicyclic) bond motifs is 1. The highest BCUT2D eigenvalue weighted by molar-refractivity contribution is 5.41. The van der Waals surface area contributed by atoms with Gasteiger partial charge in [-0.05, 0) is 36.6 Å². The molecule has 162 valence electrons. The Kier molecular flexibility index (Phi) is 4.85. The monoisotopic (exact) mass is 432 g/mol. The Bertz CT molecular complexity index is 1080. The van der Waals surface area contributed by atoms with E-state index < -0.39 is 23.3 Å². The van der Waals surface area contributed by atoms with Crippen molar-refractivity contribution in [2.45, 2.75) is 30.5 Å². The lowest BCUT2D eigenvalue weighted by Crippen LogP contribution is -2.35. The number of hydrogen-bond acceptors (Lipinski definition) is 6. The van der Waals surface area contributed by atoms with E-state index in [-0.39, 0.29) is 18.4 Å². The van der Waals surface area contributed by atoms with Crippen LogP contribution in [-0.2, 0) is 16.3 Å². The minimum atomic E-state index is -4.44. The average molecular weight is 432 g/mol. The standard InChI is InChI=1S/C22H19F3N2O4/c23-22(24,25)15-5-3-4-14(12-15)21(8-10-28-11-9-21)20-27-26-19(31-20)18-13-29-16-6-1-2-7-17(16)30-18/h1-7,12,18H,8-11,13H2. The highest BCUT2D eigenvalue weighted by atomic mass is 19.4. The van der Waals surface area contributed by atoms with Crippen molar-refractivity contribution in [1.29, 1.82) is 0 Å². The molecule has 2 aliphatic heterocycles. The van der Waals surface area contributed by atoms with Crippen LogP contribution in [0.4, 0.5) is 13.2 Å². The van der Waals surface area contributed by atoms with Gasteiger partial charge in [0.25, 0.3) is 5.89 Å². The van der Waals surface area contributed by atoms with Crippen LogP contribution < -0.4 is 9.47 Å². The van der Waals surface area contributed by atoms with Gasteiger partial charge in [0.15, 0.2) is 11.5 Å². The molecule has 1 atom stereocenters. The van der Waals surface area contributed by atoms with E-state index in [2.05, 4.69) is 10.2 Å². The van der Waals surface area contributed by atoms with Gasteiger partial charge < -0.3 is 18.6 Å². The Labute approximate surface area is 175 Å². The Balaban J connectivity index is 1.49. The van der Waals surface area contributed by atoms with Gasteiger partial charge in [-0.25, -0.2) is 0 Å². The predicted octanol–water partition coefficient (Wildman–Crippen LogP) is 4.70. The van der Waals surface area contributed by atoms with E-state index in [0.717, 1.165) is 12.1 Å². The Morgan fingerprint density at radius 3 is 2.48 bits per heavy atom. The second-order valence-corrected chi connectivity index (χ2v) is 7.58. The number of nitrogens with zero attached hydrogens (tertiary/aromatic N) is 2. The van der Waals surface area contributed by atoms with Gasteiger partial charge in [0.1, 0.15) is 6.61 Å². The molecule has 5 rings (SSSR count). The highest BCUT2D eigenvalue weighted by Gasteiger charge is 2.43. The van der Waals surface area contributed by atoms with Crippen LogP contribution in [0.3, 0.4) is 0 Å². The number of hydrogen-bond donors (Lipinski definition) is 0. The molecule has 3 aromatic rings. The number of benzene rings is 2. The molecule has 2 aromatic carbocycles. The maximum atomic E-state index is 13.3. The summed E-state index contributed by atoms with van der Waals surface area (Å²) in [6, 6.07) is 12.5. The summed E-state index contributed by atoms with van der Waals surface area (Å²) in [4.78, 5) is 0. The first kappa shape index (κ1) is 19.9. The zero-order valence-electron chi connectivity index (χ0n) is 16.4. The molecule has 0 spiro atoms. The molecule has 2 aliphatic rings. The summed E-state index contributed by atoms with van der Waals surface area (Å²) in [7, 11) is 0. The van der Waals surface area contributed by atoms with Crippen molar-refractivity contribution in [3.63, 3.8) is 0 Å². The van der Waals surface area contributed by atoms with Gasteiger partial charge in [-0.1, -0.05) is 30.3 Å². The van der Waals surface area contributed by atoms with E-state index in [9.17, 15) is 13.2 Å². The van der Waals surface area contributed by atoms with E-state index in [1.54, 1.807) is 18.2 Å². The van der Waals surface area contributed by atoms with Crippen LogP contribution in [0.2, 0.25) is 0 Å². The Hall–Kier alpha value is -3.07. The lowest BCUT2D eigenvalue weighted by atomic mass is 9.73. The molecule has 0 radical (unpaired) electrons. The fourth-order valence-corrected chi connectivity index (χ4v) is 4.04. The lowest BCUT2D eigenvalue weighted by Gasteiger charge is -2.34. The normalized spacial score (nSPS) is 20.4. The first-order valence-corrected chi connectivity index (χ1v) is 9.94. The molecule has 1 fully saturated rings. The molecule has 0 amide bonds. The fraction of sp³-hybridized carbons (Fsp3) is 0.364. The summed E-state index contributed by atoms with van der Waals surface area (Å²) in [6.45, 7) is 0.951. The van der Waals surface area contributed by atoms with Gasteiger partial charge in [-0.15, -0.1) is 10.2 Å². The molecule has 0 aliphatic carbocycles. The van der Waals surface area contributed by atoms with Gasteiger partial charge in [0.05, 0.1) is 11.0 Å². The van der Waals surface area contributed by atoms with Gasteiger partial charge in [0.2, 0.25) is 12.0 Å². The van der Waals surface area contributed by atoms with Crippen molar-refractivity contribution in [2.24, 2.45) is 0 Å². The molecule has 0 saturated carbocycles. The van der Waals surface area contributed by atoms with Crippen molar-refractivity contribution in [2.75, 3.05) is 19.8 Å². The molecule has 1 aromatic heterocycles. The minimum absolute atomic E-state index is 0.193. The first-order valence-electron chi connectivity index (χ1n) is 9.94. The SMILES string of the molecule is FC(F)(F)c1cccc(C2(c3nnc(C4COc5ccccc5O4)o3)CCOCC2)c1. The summed E-state index contributed by atoms with van der Waals surface area (Å²) < 4.78 is 63.1. The number of rotatable bonds is 3. The van der Waals surface area contributed by atoms with Crippen molar-refractivity contribution in [1.82, 2.24) is 10.2 Å². The van der Waals surface area contributed by atoms with Crippen molar-refractivity contribution in [3.8, 4) is 11.5 Å². The molecule has 1 unspecified atom stereocenters. The molecule has 9 heteroatoms. The van der Waals surface area contributed by atoms with E-state index >= 15 is 0 Å². The molecular weight excluding hydrogens is 413 g/mol. The second kappa shape index (κ2) is 7.56. The number of para-hydroxylation sites is 2. The van der Waals surface area contributed by atoms with Crippen LogP contribution in [0.5, 0.6) is 11.5 Å². The highest BCUT2D eigenvalue weighted by Crippen LogP contribution is 2.43. The molecule has 1 saturated heterocycles. The van der Waals surface area contributed by atoms with Crippen LogP contribution in [0, 0.1) is 0 Å². The van der Waals surface area contributed by atoms with Crippen molar-refractivity contribution in [3.05, 3.63) is 71.4 Å². The molecule has 6 nitrogen and oxygen atoms in total. The summed E-state index contributed by atoms with van der Waals surface area (Å²) in [5.74, 6) is 1.68. The minimum Gasteiger partial charge on any atom is -0.485 e. The Morgan fingerprint density at radius 1 is 0.935 bits per heavy atom. The zero-order chi connectivity index (χ0) is 21.5. The predicted molar refractivity (Wildman–Crippen MR) is 102 cm³/mol. The van der Waals surface area contributed by atoms with E-state index in [1.165, 1.54) is 6.07 Å². The molecular formula is C22H19F3N2O4. The third kappa shape index (κ3) is 3.63. The molecule has 3 heterocycles. The second-order valence-electron chi connectivity index (χ2n) is 7.58. The van der Waals surface area contributed by atoms with Crippen molar-refractivity contribution < 1.29 is 31.8 Å². The van der Waals surface area contributed by atoms with Crippen LogP contribution in [0.25, 0.3) is 0 Å². The van der Waals surface area contributed by atoms with Crippen LogP contribution in [0.1, 0.15) is 41.9 Å². The van der Waals surface area contributed by atoms with Crippen LogP contribution in [0.15, 0.2) is 52.9 Å². The number of halogens is 3. The van der Waals surface area contributed by atoms with Crippen LogP contribution >= 0.6 is 0 Å². The zero-order valence-corrected chi connectivity index (χ0v) is 16.4. The Morgan fingerprint density at radius 2 is 1.71 bits per heavy atom. The van der Waals surface area contributed by atoms with Crippen molar-refractivity contribution >= 4 is 0 Å². The summed E-state index contributed by atoms with van der Waals surface area (Å²) in [5, 5.41) is 8.37. The van der Waals surface area contributed by atoms with Gasteiger partial charge in [0, 0.05) is 13.2 Å². The number of aromatic nitrogens is 2. The summed E-state index contributed by atoms with van der Waals surface area (Å²) >= 11 is 0. The molecule has 31 heavy (non-hydrogen) atoms. The number of ether oxygens (including phenoxy) is 3. The molecule has 0 bridgehead atoms. The number of alkyl halides is 3. The van der Waals surface area contributed by atoms with Gasteiger partial charge in [-0.2, -0.15) is 13.2 Å². The maximum absolute atomic E-state index is 13.3. The average Bonchev–Trinajstić information content (AvgIpc) is 3.30. The van der Waals surface area contributed by atoms with E-state index in [4.69, 9.17) is 18.6 Å². The van der Waals surface area contributed by atoms with Gasteiger partial charge in [-0.3, -0.25) is 0 Å². The molecule has 0 N–H and O–H groups in total. The van der Waals surface area contributed by atoms with E-state index in [0.29, 0.717) is 43.1 Å². The van der Waals surface area contributed by atoms with Gasteiger partial charge >= 0.3 is 6.18 Å². The largest absolute Gasteiger partial charge is 0.485 e. The topological polar surface area (TPSA) is 66.6 Å². The third-order valence-corrected chi connectivity index (χ3v) is 5.72. The summed E-state index contributed by atoms with van der Waals surface area (Å²) in [6.07, 6.45) is -4.18. The maximum Gasteiger partial charge on any atom is 0.416 e. The lowest BCUT2D eigenvalue weighted by molar-refractivity contribution is -0.137. The quantitative estimate of drug-likeness (QED) is 0.598. The first-order chi connectivity index (χ1) is 15.0. The summed E-state index contributed by atoms with van der Waals surface area (Å²) in [5.41, 5.74) is -1.10.